The SMILES string of the molecule is CCCCS(=O)(=O)N1CCCC(Oc2cccnn2)C1. The Morgan fingerprint density at radius 3 is 3.05 bits per heavy atom. The van der Waals surface area contributed by atoms with Crippen molar-refractivity contribution in [3.05, 3.63) is 18.3 Å². The van der Waals surface area contributed by atoms with E-state index in [1.54, 1.807) is 22.6 Å². The third kappa shape index (κ3) is 4.14. The molecule has 1 aliphatic rings. The summed E-state index contributed by atoms with van der Waals surface area (Å²) in [5, 5.41) is 7.62. The normalized spacial score (nSPS) is 20.8. The van der Waals surface area contributed by atoms with Crippen molar-refractivity contribution in [2.75, 3.05) is 18.8 Å². The first-order chi connectivity index (χ1) is 9.62. The summed E-state index contributed by atoms with van der Waals surface area (Å²) in [7, 11) is -3.15. The molecule has 2 rings (SSSR count). The maximum atomic E-state index is 12.2. The quantitative estimate of drug-likeness (QED) is 0.795. The lowest BCUT2D eigenvalue weighted by molar-refractivity contribution is 0.123. The Hall–Kier alpha value is -1.21. The molecule has 1 aliphatic heterocycles. The van der Waals surface area contributed by atoms with Crippen LogP contribution in [0.3, 0.4) is 0 Å². The third-order valence-corrected chi connectivity index (χ3v) is 5.25. The first-order valence-corrected chi connectivity index (χ1v) is 8.65. The standard InChI is InChI=1S/C13H21N3O3S/c1-2-3-10-20(17,18)16-9-5-6-12(11-16)19-13-7-4-8-14-15-13/h4,7-8,12H,2-3,5-6,9-11H2,1H3. The van der Waals surface area contributed by atoms with E-state index in [4.69, 9.17) is 4.74 Å². The van der Waals surface area contributed by atoms with E-state index in [0.29, 0.717) is 25.4 Å². The summed E-state index contributed by atoms with van der Waals surface area (Å²) in [6.07, 6.45) is 4.68. The fraction of sp³-hybridized carbons (Fsp3) is 0.692. The summed E-state index contributed by atoms with van der Waals surface area (Å²) >= 11 is 0. The number of hydrogen-bond donors (Lipinski definition) is 0. The van der Waals surface area contributed by atoms with Crippen molar-refractivity contribution >= 4 is 10.0 Å². The van der Waals surface area contributed by atoms with Gasteiger partial charge in [0.2, 0.25) is 15.9 Å². The van der Waals surface area contributed by atoms with Crippen LogP contribution in [-0.2, 0) is 10.0 Å². The van der Waals surface area contributed by atoms with Crippen molar-refractivity contribution < 1.29 is 13.2 Å². The molecule has 1 aromatic rings. The average Bonchev–Trinajstić information content (AvgIpc) is 2.47. The fourth-order valence-electron chi connectivity index (χ4n) is 2.23. The Labute approximate surface area is 120 Å². The van der Waals surface area contributed by atoms with Crippen molar-refractivity contribution in [2.45, 2.75) is 38.7 Å². The average molecular weight is 299 g/mol. The van der Waals surface area contributed by atoms with Gasteiger partial charge in [0.1, 0.15) is 6.10 Å². The van der Waals surface area contributed by atoms with E-state index in [1.165, 1.54) is 0 Å². The zero-order chi connectivity index (χ0) is 14.4. The van der Waals surface area contributed by atoms with E-state index in [2.05, 4.69) is 10.2 Å². The topological polar surface area (TPSA) is 72.4 Å². The highest BCUT2D eigenvalue weighted by atomic mass is 32.2. The molecule has 7 heteroatoms. The Morgan fingerprint density at radius 1 is 1.50 bits per heavy atom. The second kappa shape index (κ2) is 6.99. The second-order valence-corrected chi connectivity index (χ2v) is 7.06. The predicted octanol–water partition coefficient (Wildman–Crippen LogP) is 1.45. The van der Waals surface area contributed by atoms with Gasteiger partial charge in [0.15, 0.2) is 0 Å². The van der Waals surface area contributed by atoms with Gasteiger partial charge in [0, 0.05) is 18.8 Å². The van der Waals surface area contributed by atoms with Crippen molar-refractivity contribution in [3.8, 4) is 5.88 Å². The van der Waals surface area contributed by atoms with Crippen molar-refractivity contribution in [1.29, 1.82) is 0 Å². The molecule has 0 aromatic carbocycles. The highest BCUT2D eigenvalue weighted by molar-refractivity contribution is 7.89. The molecule has 1 unspecified atom stereocenters. The van der Waals surface area contributed by atoms with Crippen LogP contribution in [0, 0.1) is 0 Å². The van der Waals surface area contributed by atoms with Gasteiger partial charge in [-0.3, -0.25) is 0 Å². The van der Waals surface area contributed by atoms with Gasteiger partial charge in [0.25, 0.3) is 0 Å². The highest BCUT2D eigenvalue weighted by Gasteiger charge is 2.29. The summed E-state index contributed by atoms with van der Waals surface area (Å²) in [6.45, 7) is 2.99. The zero-order valence-electron chi connectivity index (χ0n) is 11.7. The summed E-state index contributed by atoms with van der Waals surface area (Å²) in [6, 6.07) is 3.48. The zero-order valence-corrected chi connectivity index (χ0v) is 12.6. The molecule has 0 radical (unpaired) electrons. The molecule has 0 amide bonds. The smallest absolute Gasteiger partial charge is 0.233 e. The first kappa shape index (κ1) is 15.2. The predicted molar refractivity (Wildman–Crippen MR) is 75.9 cm³/mol. The number of unbranched alkanes of at least 4 members (excludes halogenated alkanes) is 1. The van der Waals surface area contributed by atoms with Gasteiger partial charge in [-0.15, -0.1) is 5.10 Å². The lowest BCUT2D eigenvalue weighted by atomic mass is 10.1. The lowest BCUT2D eigenvalue weighted by Crippen LogP contribution is -2.45. The molecule has 0 N–H and O–H groups in total. The third-order valence-electron chi connectivity index (χ3n) is 3.33. The van der Waals surface area contributed by atoms with E-state index < -0.39 is 10.0 Å². The summed E-state index contributed by atoms with van der Waals surface area (Å²) < 4.78 is 31.6. The molecule has 0 spiro atoms. The van der Waals surface area contributed by atoms with Crippen LogP contribution in [0.15, 0.2) is 18.3 Å². The minimum absolute atomic E-state index is 0.142. The number of aromatic nitrogens is 2. The molecular formula is C13H21N3O3S. The molecule has 1 fully saturated rings. The Balaban J connectivity index is 1.95. The molecule has 1 atom stereocenters. The van der Waals surface area contributed by atoms with Crippen LogP contribution < -0.4 is 4.74 Å². The van der Waals surface area contributed by atoms with Gasteiger partial charge in [0.05, 0.1) is 12.3 Å². The van der Waals surface area contributed by atoms with Crippen molar-refractivity contribution in [1.82, 2.24) is 14.5 Å². The molecule has 0 saturated carbocycles. The Bertz CT molecular complexity index is 507. The van der Waals surface area contributed by atoms with E-state index in [1.807, 2.05) is 6.92 Å². The monoisotopic (exact) mass is 299 g/mol. The molecular weight excluding hydrogens is 278 g/mol. The molecule has 6 nitrogen and oxygen atoms in total. The maximum Gasteiger partial charge on any atom is 0.233 e. The fourth-order valence-corrected chi connectivity index (χ4v) is 3.94. The Morgan fingerprint density at radius 2 is 2.35 bits per heavy atom. The van der Waals surface area contributed by atoms with Crippen molar-refractivity contribution in [2.24, 2.45) is 0 Å². The van der Waals surface area contributed by atoms with Gasteiger partial charge in [-0.1, -0.05) is 13.3 Å². The summed E-state index contributed by atoms with van der Waals surface area (Å²) in [5.41, 5.74) is 0. The van der Waals surface area contributed by atoms with Gasteiger partial charge >= 0.3 is 0 Å². The van der Waals surface area contributed by atoms with Gasteiger partial charge in [-0.25, -0.2) is 8.42 Å². The van der Waals surface area contributed by atoms with Crippen LogP contribution in [0.25, 0.3) is 0 Å². The number of hydrogen-bond acceptors (Lipinski definition) is 5. The number of piperidine rings is 1. The second-order valence-electron chi connectivity index (χ2n) is 4.97. The van der Waals surface area contributed by atoms with Crippen LogP contribution in [-0.4, -0.2) is 47.9 Å². The number of nitrogens with zero attached hydrogens (tertiary/aromatic N) is 3. The number of rotatable bonds is 6. The minimum Gasteiger partial charge on any atom is -0.472 e. The molecule has 2 heterocycles. The highest BCUT2D eigenvalue weighted by Crippen LogP contribution is 2.19. The van der Waals surface area contributed by atoms with Crippen molar-refractivity contribution in [3.63, 3.8) is 0 Å². The molecule has 1 saturated heterocycles. The Kier molecular flexibility index (Phi) is 5.31. The largest absolute Gasteiger partial charge is 0.472 e. The maximum absolute atomic E-state index is 12.2. The first-order valence-electron chi connectivity index (χ1n) is 7.04. The van der Waals surface area contributed by atoms with Crippen LogP contribution in [0.1, 0.15) is 32.6 Å². The number of ether oxygens (including phenoxy) is 1. The minimum atomic E-state index is -3.15. The summed E-state index contributed by atoms with van der Waals surface area (Å²) in [4.78, 5) is 0. The summed E-state index contributed by atoms with van der Waals surface area (Å²) in [5.74, 6) is 0.673. The van der Waals surface area contributed by atoms with E-state index in [0.717, 1.165) is 19.3 Å². The van der Waals surface area contributed by atoms with E-state index in [-0.39, 0.29) is 11.9 Å². The molecule has 0 bridgehead atoms. The van der Waals surface area contributed by atoms with Crippen LogP contribution in [0.2, 0.25) is 0 Å². The van der Waals surface area contributed by atoms with Crippen LogP contribution in [0.4, 0.5) is 0 Å². The van der Waals surface area contributed by atoms with Gasteiger partial charge in [-0.2, -0.15) is 9.40 Å². The molecule has 112 valence electrons. The number of sulfonamides is 1. The molecule has 1 aromatic heterocycles. The van der Waals surface area contributed by atoms with Crippen LogP contribution in [0.5, 0.6) is 5.88 Å². The van der Waals surface area contributed by atoms with Gasteiger partial charge < -0.3 is 4.74 Å². The molecule has 20 heavy (non-hydrogen) atoms. The van der Waals surface area contributed by atoms with E-state index in [9.17, 15) is 8.42 Å². The van der Waals surface area contributed by atoms with E-state index >= 15 is 0 Å². The lowest BCUT2D eigenvalue weighted by Gasteiger charge is -2.31. The van der Waals surface area contributed by atoms with Crippen LogP contribution >= 0.6 is 0 Å². The molecule has 0 aliphatic carbocycles. The van der Waals surface area contributed by atoms with Gasteiger partial charge in [-0.05, 0) is 25.3 Å².